The number of imide groups is 1. The van der Waals surface area contributed by atoms with Gasteiger partial charge in [-0.1, -0.05) is 96.5 Å². The summed E-state index contributed by atoms with van der Waals surface area (Å²) in [5.41, 5.74) is 0.845. The van der Waals surface area contributed by atoms with Crippen molar-refractivity contribution in [2.24, 2.45) is 13.0 Å². The maximum Gasteiger partial charge on any atom is 0.417 e. The van der Waals surface area contributed by atoms with E-state index in [4.69, 9.17) is 14.2 Å². The van der Waals surface area contributed by atoms with Gasteiger partial charge in [0.2, 0.25) is 11.6 Å². The number of carbonyl (C=O) groups excluding carboxylic acids is 2. The molecule has 0 aromatic carbocycles. The van der Waals surface area contributed by atoms with E-state index < -0.39 is 6.09 Å². The van der Waals surface area contributed by atoms with E-state index in [1.807, 2.05) is 36.0 Å². The minimum Gasteiger partial charge on any atom is -0.446 e. The Balaban J connectivity index is 1.44. The lowest BCUT2D eigenvalue weighted by atomic mass is 10.0. The number of hydrogen-bond donors (Lipinski definition) is 0. The van der Waals surface area contributed by atoms with Gasteiger partial charge in [0.25, 0.3) is 0 Å². The molecule has 39 heavy (non-hydrogen) atoms. The molecule has 2 atom stereocenters. The number of ether oxygens (including phenoxy) is 3. The summed E-state index contributed by atoms with van der Waals surface area (Å²) in [7, 11) is 1.88. The van der Waals surface area contributed by atoms with Gasteiger partial charge in [-0.15, -0.1) is 0 Å². The highest BCUT2D eigenvalue weighted by Crippen LogP contribution is 2.21. The molecule has 2 heterocycles. The zero-order valence-electron chi connectivity index (χ0n) is 25.0. The minimum atomic E-state index is -0.632. The summed E-state index contributed by atoms with van der Waals surface area (Å²) in [4.78, 5) is 25.7. The summed E-state index contributed by atoms with van der Waals surface area (Å²) in [6.07, 6.45) is 20.9. The van der Waals surface area contributed by atoms with Crippen molar-refractivity contribution in [1.82, 2.24) is 4.90 Å². The molecule has 0 N–H and O–H groups in total. The zero-order chi connectivity index (χ0) is 28.1. The van der Waals surface area contributed by atoms with Gasteiger partial charge in [-0.25, -0.2) is 14.3 Å². The standard InChI is InChI=1S/C32H55N2O5/c1-4-5-6-7-8-9-10-11-12-13-14-15-16-19-22-37-25-29-23-31(38-26-29)27-39-32(36)34(28(2)35)24-30-20-17-18-21-33(30)3/h17-18,20-21,29,31H,4-16,19,22-27H2,1-3H3/q+1/t29-,31-/m0/s1. The van der Waals surface area contributed by atoms with Gasteiger partial charge in [-0.2, -0.15) is 0 Å². The number of carbonyl (C=O) groups is 2. The lowest BCUT2D eigenvalue weighted by Gasteiger charge is -2.19. The van der Waals surface area contributed by atoms with Crippen LogP contribution in [0, 0.1) is 5.92 Å². The molecular formula is C32H55N2O5+. The lowest BCUT2D eigenvalue weighted by molar-refractivity contribution is -0.679. The van der Waals surface area contributed by atoms with Crippen LogP contribution in [-0.2, 0) is 32.6 Å². The maximum atomic E-state index is 12.6. The van der Waals surface area contributed by atoms with E-state index in [0.29, 0.717) is 19.1 Å². The fourth-order valence-electron chi connectivity index (χ4n) is 5.09. The van der Waals surface area contributed by atoms with Crippen molar-refractivity contribution < 1.29 is 28.4 Å². The Hall–Kier alpha value is -1.99. The number of hydrogen-bond acceptors (Lipinski definition) is 5. The maximum absolute atomic E-state index is 12.6. The summed E-state index contributed by atoms with van der Waals surface area (Å²) >= 11 is 0. The average molecular weight is 548 g/mol. The molecule has 0 radical (unpaired) electrons. The van der Waals surface area contributed by atoms with Crippen LogP contribution in [-0.4, -0.2) is 49.4 Å². The first-order valence-corrected chi connectivity index (χ1v) is 15.6. The Morgan fingerprint density at radius 1 is 0.923 bits per heavy atom. The van der Waals surface area contributed by atoms with Crippen LogP contribution < -0.4 is 4.57 Å². The number of amides is 2. The Morgan fingerprint density at radius 2 is 1.54 bits per heavy atom. The van der Waals surface area contributed by atoms with Crippen molar-refractivity contribution in [2.75, 3.05) is 26.4 Å². The van der Waals surface area contributed by atoms with E-state index in [1.165, 1.54) is 90.4 Å². The van der Waals surface area contributed by atoms with Crippen LogP contribution in [0.1, 0.15) is 116 Å². The second-order valence-corrected chi connectivity index (χ2v) is 11.2. The van der Waals surface area contributed by atoms with E-state index in [0.717, 1.165) is 30.0 Å². The van der Waals surface area contributed by atoms with Crippen LogP contribution in [0.2, 0.25) is 0 Å². The SMILES string of the molecule is CCCCCCCCCCCCCCCCOC[C@H]1CO[C@H](COC(=O)N(Cc2cccc[n+]2C)C(C)=O)C1. The van der Waals surface area contributed by atoms with Crippen LogP contribution in [0.3, 0.4) is 0 Å². The quantitative estimate of drug-likeness (QED) is 0.124. The first kappa shape index (κ1) is 33.2. The molecular weight excluding hydrogens is 492 g/mol. The highest BCUT2D eigenvalue weighted by atomic mass is 16.6. The summed E-state index contributed by atoms with van der Waals surface area (Å²) in [5.74, 6) is -0.0152. The van der Waals surface area contributed by atoms with Gasteiger partial charge in [-0.05, 0) is 12.8 Å². The molecule has 2 amide bonds. The Labute approximate surface area is 237 Å². The molecule has 2 rings (SSSR count). The number of aromatic nitrogens is 1. The van der Waals surface area contributed by atoms with Crippen LogP contribution >= 0.6 is 0 Å². The van der Waals surface area contributed by atoms with Gasteiger partial charge in [0.05, 0.1) is 19.3 Å². The van der Waals surface area contributed by atoms with E-state index in [9.17, 15) is 9.59 Å². The van der Waals surface area contributed by atoms with Crippen LogP contribution in [0.4, 0.5) is 4.79 Å². The van der Waals surface area contributed by atoms with Crippen molar-refractivity contribution in [2.45, 2.75) is 123 Å². The number of unbranched alkanes of at least 4 members (excludes halogenated alkanes) is 13. The smallest absolute Gasteiger partial charge is 0.417 e. The van der Waals surface area contributed by atoms with Gasteiger partial charge in [0.15, 0.2) is 6.20 Å². The van der Waals surface area contributed by atoms with Crippen LogP contribution in [0.15, 0.2) is 24.4 Å². The monoisotopic (exact) mass is 547 g/mol. The van der Waals surface area contributed by atoms with Crippen molar-refractivity contribution in [3.8, 4) is 0 Å². The van der Waals surface area contributed by atoms with Crippen molar-refractivity contribution in [1.29, 1.82) is 0 Å². The first-order valence-electron chi connectivity index (χ1n) is 15.6. The Morgan fingerprint density at radius 3 is 2.13 bits per heavy atom. The molecule has 1 aliphatic heterocycles. The molecule has 1 aromatic heterocycles. The molecule has 0 bridgehead atoms. The third kappa shape index (κ3) is 14.8. The number of rotatable bonds is 21. The van der Waals surface area contributed by atoms with Gasteiger partial charge in [0, 0.05) is 31.6 Å². The highest BCUT2D eigenvalue weighted by Gasteiger charge is 2.29. The van der Waals surface area contributed by atoms with Gasteiger partial charge < -0.3 is 14.2 Å². The molecule has 1 aromatic rings. The largest absolute Gasteiger partial charge is 0.446 e. The first-order chi connectivity index (χ1) is 19.0. The third-order valence-electron chi connectivity index (χ3n) is 7.64. The predicted molar refractivity (Wildman–Crippen MR) is 154 cm³/mol. The van der Waals surface area contributed by atoms with E-state index in [1.54, 1.807) is 0 Å². The fourth-order valence-corrected chi connectivity index (χ4v) is 5.09. The molecule has 1 aliphatic rings. The number of aryl methyl sites for hydroxylation is 1. The van der Waals surface area contributed by atoms with Crippen LogP contribution in [0.25, 0.3) is 0 Å². The van der Waals surface area contributed by atoms with Crippen molar-refractivity contribution in [3.63, 3.8) is 0 Å². The normalized spacial score (nSPS) is 16.9. The van der Waals surface area contributed by atoms with E-state index in [2.05, 4.69) is 6.92 Å². The molecule has 0 saturated carbocycles. The molecule has 0 unspecified atom stereocenters. The molecule has 0 spiro atoms. The molecule has 1 fully saturated rings. The van der Waals surface area contributed by atoms with E-state index in [-0.39, 0.29) is 25.2 Å². The topological polar surface area (TPSA) is 69.0 Å². The molecule has 7 heteroatoms. The summed E-state index contributed by atoms with van der Waals surface area (Å²) in [5, 5.41) is 0. The Kier molecular flexibility index (Phi) is 17.8. The number of nitrogens with zero attached hydrogens (tertiary/aromatic N) is 2. The highest BCUT2D eigenvalue weighted by molar-refractivity contribution is 5.90. The van der Waals surface area contributed by atoms with E-state index >= 15 is 0 Å². The van der Waals surface area contributed by atoms with Gasteiger partial charge in [-0.3, -0.25) is 4.79 Å². The zero-order valence-corrected chi connectivity index (χ0v) is 25.0. The Bertz CT molecular complexity index is 803. The van der Waals surface area contributed by atoms with Crippen LogP contribution in [0.5, 0.6) is 0 Å². The van der Waals surface area contributed by atoms with Crippen molar-refractivity contribution in [3.05, 3.63) is 30.1 Å². The third-order valence-corrected chi connectivity index (χ3v) is 7.64. The second-order valence-electron chi connectivity index (χ2n) is 11.2. The van der Waals surface area contributed by atoms with Gasteiger partial charge in [0.1, 0.15) is 20.2 Å². The predicted octanol–water partition coefficient (Wildman–Crippen LogP) is 6.90. The summed E-state index contributed by atoms with van der Waals surface area (Å²) in [6, 6.07) is 5.66. The summed E-state index contributed by atoms with van der Waals surface area (Å²) in [6.45, 7) is 6.09. The number of pyridine rings is 1. The molecule has 222 valence electrons. The molecule has 7 nitrogen and oxygen atoms in total. The fraction of sp³-hybridized carbons (Fsp3) is 0.781. The molecule has 0 aliphatic carbocycles. The minimum absolute atomic E-state index is 0.148. The summed E-state index contributed by atoms with van der Waals surface area (Å²) < 4.78 is 19.0. The van der Waals surface area contributed by atoms with Gasteiger partial charge >= 0.3 is 6.09 Å². The molecule has 1 saturated heterocycles. The second kappa shape index (κ2) is 20.8. The lowest BCUT2D eigenvalue weighted by Crippen LogP contribution is -2.42. The van der Waals surface area contributed by atoms with Crippen molar-refractivity contribution >= 4 is 12.0 Å². The average Bonchev–Trinajstić information content (AvgIpc) is 3.38.